The van der Waals surface area contributed by atoms with Crippen molar-refractivity contribution in [3.8, 4) is 0 Å². The van der Waals surface area contributed by atoms with E-state index in [9.17, 15) is 4.39 Å². The summed E-state index contributed by atoms with van der Waals surface area (Å²) >= 11 is 0. The fourth-order valence-corrected chi connectivity index (χ4v) is 2.18. The molecule has 0 saturated heterocycles. The molecular weight excluding hydrogens is 253 g/mol. The van der Waals surface area contributed by atoms with Gasteiger partial charge in [-0.25, -0.2) is 4.39 Å². The van der Waals surface area contributed by atoms with Gasteiger partial charge in [0.2, 0.25) is 0 Å². The van der Waals surface area contributed by atoms with E-state index in [0.717, 1.165) is 11.1 Å². The summed E-state index contributed by atoms with van der Waals surface area (Å²) in [5, 5.41) is 0. The maximum atomic E-state index is 13.0. The van der Waals surface area contributed by atoms with Gasteiger partial charge in [-0.3, -0.25) is 0 Å². The van der Waals surface area contributed by atoms with Crippen LogP contribution in [-0.2, 0) is 4.74 Å². The minimum absolute atomic E-state index is 0.0720. The van der Waals surface area contributed by atoms with Crippen molar-refractivity contribution in [1.82, 2.24) is 0 Å². The van der Waals surface area contributed by atoms with E-state index in [0.29, 0.717) is 0 Å². The lowest BCUT2D eigenvalue weighted by atomic mass is 10.0. The molecule has 0 aliphatic heterocycles. The molecule has 3 unspecified atom stereocenters. The van der Waals surface area contributed by atoms with Gasteiger partial charge >= 0.3 is 0 Å². The monoisotopic (exact) mass is 273 g/mol. The molecule has 2 N–H and O–H groups in total. The maximum Gasteiger partial charge on any atom is 0.123 e. The Morgan fingerprint density at radius 3 is 2.05 bits per heavy atom. The number of hydrogen-bond acceptors (Lipinski definition) is 2. The van der Waals surface area contributed by atoms with Gasteiger partial charge in [-0.05, 0) is 37.1 Å². The van der Waals surface area contributed by atoms with Crippen LogP contribution in [0.3, 0.4) is 0 Å². The molecule has 0 fully saturated rings. The Morgan fingerprint density at radius 2 is 1.50 bits per heavy atom. The first-order valence-electron chi connectivity index (χ1n) is 6.79. The summed E-state index contributed by atoms with van der Waals surface area (Å²) in [4.78, 5) is 0. The fraction of sp³-hybridized carbons (Fsp3) is 0.294. The van der Waals surface area contributed by atoms with Crippen LogP contribution >= 0.6 is 0 Å². The molecule has 2 nitrogen and oxygen atoms in total. The van der Waals surface area contributed by atoms with Crippen LogP contribution in [0.1, 0.15) is 37.2 Å². The van der Waals surface area contributed by atoms with E-state index in [1.165, 1.54) is 12.1 Å². The van der Waals surface area contributed by atoms with Crippen LogP contribution in [0.2, 0.25) is 0 Å². The number of benzene rings is 2. The molecule has 2 aromatic rings. The van der Waals surface area contributed by atoms with E-state index in [4.69, 9.17) is 10.5 Å². The molecule has 0 spiro atoms. The third-order valence-corrected chi connectivity index (χ3v) is 3.30. The molecule has 2 aromatic carbocycles. The highest BCUT2D eigenvalue weighted by molar-refractivity contribution is 5.21. The lowest BCUT2D eigenvalue weighted by Crippen LogP contribution is -2.27. The number of ether oxygens (including phenoxy) is 1. The van der Waals surface area contributed by atoms with Crippen molar-refractivity contribution in [3.05, 3.63) is 71.5 Å². The van der Waals surface area contributed by atoms with Gasteiger partial charge in [-0.15, -0.1) is 0 Å². The second kappa shape index (κ2) is 6.64. The van der Waals surface area contributed by atoms with Gasteiger partial charge in [0.1, 0.15) is 5.82 Å². The topological polar surface area (TPSA) is 35.2 Å². The summed E-state index contributed by atoms with van der Waals surface area (Å²) in [5.74, 6) is -0.256. The highest BCUT2D eigenvalue weighted by Gasteiger charge is 2.20. The Kier molecular flexibility index (Phi) is 4.88. The zero-order valence-electron chi connectivity index (χ0n) is 11.8. The summed E-state index contributed by atoms with van der Waals surface area (Å²) in [6.07, 6.45) is -0.331. The van der Waals surface area contributed by atoms with Gasteiger partial charge in [0.15, 0.2) is 0 Å². The smallest absolute Gasteiger partial charge is 0.123 e. The first-order chi connectivity index (χ1) is 9.58. The zero-order valence-corrected chi connectivity index (χ0v) is 11.8. The largest absolute Gasteiger partial charge is 0.364 e. The van der Waals surface area contributed by atoms with Gasteiger partial charge in [0.05, 0.1) is 12.2 Å². The van der Waals surface area contributed by atoms with Crippen LogP contribution in [0.25, 0.3) is 0 Å². The second-order valence-electron chi connectivity index (χ2n) is 5.02. The van der Waals surface area contributed by atoms with Crippen LogP contribution < -0.4 is 5.73 Å². The fourth-order valence-electron chi connectivity index (χ4n) is 2.18. The first-order valence-corrected chi connectivity index (χ1v) is 6.79. The third-order valence-electron chi connectivity index (χ3n) is 3.30. The lowest BCUT2D eigenvalue weighted by molar-refractivity contribution is -0.0162. The summed E-state index contributed by atoms with van der Waals surface area (Å²) in [6.45, 7) is 3.89. The molecule has 0 aliphatic rings. The van der Waals surface area contributed by atoms with Crippen LogP contribution in [0.5, 0.6) is 0 Å². The van der Waals surface area contributed by atoms with Crippen LogP contribution in [0.15, 0.2) is 54.6 Å². The van der Waals surface area contributed by atoms with Gasteiger partial charge < -0.3 is 10.5 Å². The van der Waals surface area contributed by atoms with Gasteiger partial charge in [-0.2, -0.15) is 0 Å². The first kappa shape index (κ1) is 14.7. The van der Waals surface area contributed by atoms with Crippen molar-refractivity contribution in [2.75, 3.05) is 0 Å². The van der Waals surface area contributed by atoms with Crippen LogP contribution in [-0.4, -0.2) is 6.04 Å². The predicted molar refractivity (Wildman–Crippen MR) is 78.7 cm³/mol. The van der Waals surface area contributed by atoms with E-state index in [2.05, 4.69) is 0 Å². The average Bonchev–Trinajstić information content (AvgIpc) is 2.46. The zero-order chi connectivity index (χ0) is 14.5. The highest BCUT2D eigenvalue weighted by Crippen LogP contribution is 2.28. The molecular formula is C17H20FNO. The predicted octanol–water partition coefficient (Wildman–Crippen LogP) is 3.99. The number of hydrogen-bond donors (Lipinski definition) is 1. The standard InChI is InChI=1S/C17H20FNO/c1-12(19)17(15-8-10-16(18)11-9-15)20-13(2)14-6-4-3-5-7-14/h3-13,17H,19H2,1-2H3. The van der Waals surface area contributed by atoms with Crippen molar-refractivity contribution in [3.63, 3.8) is 0 Å². The Hall–Kier alpha value is -1.71. The van der Waals surface area contributed by atoms with Crippen molar-refractivity contribution in [2.24, 2.45) is 5.73 Å². The maximum absolute atomic E-state index is 13.0. The Balaban J connectivity index is 2.16. The van der Waals surface area contributed by atoms with Crippen LogP contribution in [0, 0.1) is 5.82 Å². The highest BCUT2D eigenvalue weighted by atomic mass is 19.1. The Morgan fingerprint density at radius 1 is 0.900 bits per heavy atom. The number of nitrogens with two attached hydrogens (primary N) is 1. The molecule has 0 heterocycles. The number of halogens is 1. The quantitative estimate of drug-likeness (QED) is 0.894. The molecule has 0 radical (unpaired) electrons. The molecule has 0 aromatic heterocycles. The molecule has 0 amide bonds. The molecule has 3 atom stereocenters. The minimum Gasteiger partial charge on any atom is -0.364 e. The molecule has 0 saturated carbocycles. The third kappa shape index (κ3) is 3.65. The van der Waals surface area contributed by atoms with Gasteiger partial charge in [-0.1, -0.05) is 42.5 Å². The van der Waals surface area contributed by atoms with E-state index in [1.54, 1.807) is 12.1 Å². The Labute approximate surface area is 119 Å². The van der Waals surface area contributed by atoms with E-state index in [1.807, 2.05) is 44.2 Å². The summed E-state index contributed by atoms with van der Waals surface area (Å²) in [5.41, 5.74) is 8.00. The molecule has 106 valence electrons. The van der Waals surface area contributed by atoms with E-state index in [-0.39, 0.29) is 24.1 Å². The minimum atomic E-state index is -0.259. The van der Waals surface area contributed by atoms with Crippen molar-refractivity contribution >= 4 is 0 Å². The SMILES string of the molecule is CC(OC(c1ccc(F)cc1)C(C)N)c1ccccc1. The summed E-state index contributed by atoms with van der Waals surface area (Å²) in [7, 11) is 0. The van der Waals surface area contributed by atoms with Crippen LogP contribution in [0.4, 0.5) is 4.39 Å². The average molecular weight is 273 g/mol. The number of rotatable bonds is 5. The summed E-state index contributed by atoms with van der Waals surface area (Å²) < 4.78 is 19.1. The van der Waals surface area contributed by atoms with E-state index < -0.39 is 0 Å². The molecule has 0 aliphatic carbocycles. The van der Waals surface area contributed by atoms with Gasteiger partial charge in [0, 0.05) is 6.04 Å². The molecule has 20 heavy (non-hydrogen) atoms. The lowest BCUT2D eigenvalue weighted by Gasteiger charge is -2.26. The van der Waals surface area contributed by atoms with Crippen molar-refractivity contribution in [2.45, 2.75) is 32.1 Å². The molecule has 2 rings (SSSR count). The van der Waals surface area contributed by atoms with Gasteiger partial charge in [0.25, 0.3) is 0 Å². The van der Waals surface area contributed by atoms with Crippen molar-refractivity contribution in [1.29, 1.82) is 0 Å². The van der Waals surface area contributed by atoms with Crippen molar-refractivity contribution < 1.29 is 9.13 Å². The Bertz CT molecular complexity index is 524. The molecule has 0 bridgehead atoms. The van der Waals surface area contributed by atoms with E-state index >= 15 is 0 Å². The second-order valence-corrected chi connectivity index (χ2v) is 5.02. The summed E-state index contributed by atoms with van der Waals surface area (Å²) in [6, 6.07) is 16.1. The normalized spacial score (nSPS) is 15.6. The molecule has 3 heteroatoms.